The van der Waals surface area contributed by atoms with Crippen molar-refractivity contribution in [2.24, 2.45) is 5.92 Å². The molecule has 0 atom stereocenters. The third-order valence-corrected chi connectivity index (χ3v) is 2.84. The first-order valence-corrected chi connectivity index (χ1v) is 6.49. The summed E-state index contributed by atoms with van der Waals surface area (Å²) in [6.07, 6.45) is 1.57. The van der Waals surface area contributed by atoms with E-state index in [4.69, 9.17) is 4.42 Å². The molecule has 3 nitrogen and oxygen atoms in total. The smallest absolute Gasteiger partial charge is 0.208 e. The second-order valence-electron chi connectivity index (χ2n) is 5.08. The van der Waals surface area contributed by atoms with Crippen molar-refractivity contribution < 1.29 is 8.81 Å². The largest absolute Gasteiger partial charge is 0.439 e. The van der Waals surface area contributed by atoms with Gasteiger partial charge < -0.3 is 9.73 Å². The Morgan fingerprint density at radius 1 is 1.37 bits per heavy atom. The highest BCUT2D eigenvalue weighted by atomic mass is 19.1. The molecule has 4 heteroatoms. The van der Waals surface area contributed by atoms with Crippen molar-refractivity contribution in [3.05, 3.63) is 41.7 Å². The van der Waals surface area contributed by atoms with Gasteiger partial charge in [-0.25, -0.2) is 9.37 Å². The highest BCUT2D eigenvalue weighted by Gasteiger charge is 2.12. The lowest BCUT2D eigenvalue weighted by Gasteiger charge is -2.04. The average Bonchev–Trinajstić information content (AvgIpc) is 2.81. The Labute approximate surface area is 112 Å². The van der Waals surface area contributed by atoms with E-state index in [-0.39, 0.29) is 5.82 Å². The minimum atomic E-state index is -0.250. The summed E-state index contributed by atoms with van der Waals surface area (Å²) < 4.78 is 19.5. The third-order valence-electron chi connectivity index (χ3n) is 2.84. The SMILES string of the molecule is Cc1cccc(-c2cnc(CNCC(C)C)o2)c1F. The highest BCUT2D eigenvalue weighted by Crippen LogP contribution is 2.25. The Hall–Kier alpha value is -1.68. The Balaban J connectivity index is 2.10. The van der Waals surface area contributed by atoms with Gasteiger partial charge in [0, 0.05) is 0 Å². The molecule has 0 unspecified atom stereocenters. The molecule has 0 saturated carbocycles. The van der Waals surface area contributed by atoms with Gasteiger partial charge >= 0.3 is 0 Å². The molecule has 0 bridgehead atoms. The predicted octanol–water partition coefficient (Wildman–Crippen LogP) is 3.53. The van der Waals surface area contributed by atoms with Crippen LogP contribution in [-0.2, 0) is 6.54 Å². The van der Waals surface area contributed by atoms with Crippen LogP contribution in [0.25, 0.3) is 11.3 Å². The Kier molecular flexibility index (Phi) is 4.32. The van der Waals surface area contributed by atoms with Gasteiger partial charge in [0.15, 0.2) is 5.76 Å². The molecule has 0 fully saturated rings. The van der Waals surface area contributed by atoms with E-state index in [1.807, 2.05) is 6.07 Å². The van der Waals surface area contributed by atoms with Crippen LogP contribution in [0, 0.1) is 18.7 Å². The van der Waals surface area contributed by atoms with Crippen LogP contribution in [0.15, 0.2) is 28.8 Å². The van der Waals surface area contributed by atoms with E-state index in [0.29, 0.717) is 35.2 Å². The van der Waals surface area contributed by atoms with Crippen molar-refractivity contribution in [2.45, 2.75) is 27.3 Å². The Morgan fingerprint density at radius 2 is 2.16 bits per heavy atom. The molecule has 0 saturated heterocycles. The van der Waals surface area contributed by atoms with Gasteiger partial charge in [0.2, 0.25) is 5.89 Å². The minimum absolute atomic E-state index is 0.250. The zero-order valence-corrected chi connectivity index (χ0v) is 11.5. The van der Waals surface area contributed by atoms with Gasteiger partial charge in [-0.1, -0.05) is 26.0 Å². The molecule has 1 aromatic carbocycles. The second-order valence-corrected chi connectivity index (χ2v) is 5.08. The van der Waals surface area contributed by atoms with Crippen LogP contribution in [0.1, 0.15) is 25.3 Å². The van der Waals surface area contributed by atoms with E-state index >= 15 is 0 Å². The maximum Gasteiger partial charge on any atom is 0.208 e. The van der Waals surface area contributed by atoms with Crippen LogP contribution in [0.4, 0.5) is 4.39 Å². The fraction of sp³-hybridized carbons (Fsp3) is 0.400. The van der Waals surface area contributed by atoms with Gasteiger partial charge in [-0.2, -0.15) is 0 Å². The molecular formula is C15H19FN2O. The fourth-order valence-electron chi connectivity index (χ4n) is 1.82. The van der Waals surface area contributed by atoms with E-state index in [1.165, 1.54) is 0 Å². The van der Waals surface area contributed by atoms with Crippen molar-refractivity contribution >= 4 is 0 Å². The van der Waals surface area contributed by atoms with E-state index in [9.17, 15) is 4.39 Å². The van der Waals surface area contributed by atoms with Crippen molar-refractivity contribution in [1.29, 1.82) is 0 Å². The molecule has 1 heterocycles. The number of oxazole rings is 1. The summed E-state index contributed by atoms with van der Waals surface area (Å²) >= 11 is 0. The second kappa shape index (κ2) is 5.97. The summed E-state index contributed by atoms with van der Waals surface area (Å²) in [5.41, 5.74) is 1.07. The van der Waals surface area contributed by atoms with Gasteiger partial charge in [0.25, 0.3) is 0 Å². The fourth-order valence-corrected chi connectivity index (χ4v) is 1.82. The number of aryl methyl sites for hydroxylation is 1. The molecule has 2 rings (SSSR count). The summed E-state index contributed by atoms with van der Waals surface area (Å²) in [5.74, 6) is 1.38. The molecule has 0 aliphatic carbocycles. The zero-order valence-electron chi connectivity index (χ0n) is 11.5. The van der Waals surface area contributed by atoms with Gasteiger partial charge in [0.1, 0.15) is 5.82 Å². The van der Waals surface area contributed by atoms with Gasteiger partial charge in [-0.3, -0.25) is 0 Å². The van der Waals surface area contributed by atoms with Crippen LogP contribution < -0.4 is 5.32 Å². The zero-order chi connectivity index (χ0) is 13.8. The number of benzene rings is 1. The van der Waals surface area contributed by atoms with Crippen molar-refractivity contribution in [3.8, 4) is 11.3 Å². The monoisotopic (exact) mass is 262 g/mol. The lowest BCUT2D eigenvalue weighted by molar-refractivity contribution is 0.457. The maximum atomic E-state index is 14.0. The topological polar surface area (TPSA) is 38.1 Å². The third kappa shape index (κ3) is 3.41. The number of halogens is 1. The van der Waals surface area contributed by atoms with Crippen molar-refractivity contribution in [3.63, 3.8) is 0 Å². The summed E-state index contributed by atoms with van der Waals surface area (Å²) in [4.78, 5) is 4.16. The van der Waals surface area contributed by atoms with Crippen LogP contribution in [-0.4, -0.2) is 11.5 Å². The molecular weight excluding hydrogens is 243 g/mol. The van der Waals surface area contributed by atoms with Crippen LogP contribution in [0.2, 0.25) is 0 Å². The number of aromatic nitrogens is 1. The maximum absolute atomic E-state index is 14.0. The van der Waals surface area contributed by atoms with E-state index in [2.05, 4.69) is 24.1 Å². The molecule has 0 spiro atoms. The lowest BCUT2D eigenvalue weighted by atomic mass is 10.1. The molecule has 102 valence electrons. The summed E-state index contributed by atoms with van der Waals surface area (Å²) in [6, 6.07) is 5.25. The molecule has 0 aliphatic rings. The number of hydrogen-bond acceptors (Lipinski definition) is 3. The average molecular weight is 262 g/mol. The van der Waals surface area contributed by atoms with Gasteiger partial charge in [-0.15, -0.1) is 0 Å². The summed E-state index contributed by atoms with van der Waals surface area (Å²) in [5, 5.41) is 3.24. The van der Waals surface area contributed by atoms with Crippen LogP contribution in [0.3, 0.4) is 0 Å². The lowest BCUT2D eigenvalue weighted by Crippen LogP contribution is -2.18. The number of nitrogens with one attached hydrogen (secondary N) is 1. The van der Waals surface area contributed by atoms with Crippen LogP contribution in [0.5, 0.6) is 0 Å². The number of hydrogen-bond donors (Lipinski definition) is 1. The number of rotatable bonds is 5. The van der Waals surface area contributed by atoms with E-state index < -0.39 is 0 Å². The molecule has 2 aromatic rings. The standard InChI is InChI=1S/C15H19FN2O/c1-10(2)7-17-9-14-18-8-13(19-14)12-6-4-5-11(3)15(12)16/h4-6,8,10,17H,7,9H2,1-3H3. The number of nitrogens with zero attached hydrogens (tertiary/aromatic N) is 1. The van der Waals surface area contributed by atoms with Gasteiger partial charge in [0.05, 0.1) is 18.3 Å². The van der Waals surface area contributed by atoms with Crippen molar-refractivity contribution in [2.75, 3.05) is 6.54 Å². The normalized spacial score (nSPS) is 11.2. The van der Waals surface area contributed by atoms with Crippen LogP contribution >= 0.6 is 0 Å². The molecule has 0 amide bonds. The summed E-state index contributed by atoms with van der Waals surface area (Å²) in [6.45, 7) is 7.47. The van der Waals surface area contributed by atoms with Crippen molar-refractivity contribution in [1.82, 2.24) is 10.3 Å². The highest BCUT2D eigenvalue weighted by molar-refractivity contribution is 5.58. The quantitative estimate of drug-likeness (QED) is 0.895. The first-order valence-electron chi connectivity index (χ1n) is 6.49. The molecule has 1 aromatic heterocycles. The molecule has 19 heavy (non-hydrogen) atoms. The summed E-state index contributed by atoms with van der Waals surface area (Å²) in [7, 11) is 0. The first-order chi connectivity index (χ1) is 9.08. The predicted molar refractivity (Wildman–Crippen MR) is 73.2 cm³/mol. The van der Waals surface area contributed by atoms with E-state index in [0.717, 1.165) is 6.54 Å². The Bertz CT molecular complexity index is 549. The molecule has 1 N–H and O–H groups in total. The first kappa shape index (κ1) is 13.7. The molecule has 0 aliphatic heterocycles. The minimum Gasteiger partial charge on any atom is -0.439 e. The molecule has 0 radical (unpaired) electrons. The van der Waals surface area contributed by atoms with E-state index in [1.54, 1.807) is 25.3 Å². The van der Waals surface area contributed by atoms with Gasteiger partial charge in [-0.05, 0) is 31.0 Å². The Morgan fingerprint density at radius 3 is 2.89 bits per heavy atom.